The van der Waals surface area contributed by atoms with Crippen molar-refractivity contribution in [2.45, 2.75) is 37.1 Å². The Labute approximate surface area is 199 Å². The number of amides is 1. The van der Waals surface area contributed by atoms with Gasteiger partial charge in [0.25, 0.3) is 15.9 Å². The van der Waals surface area contributed by atoms with Gasteiger partial charge in [0, 0.05) is 19.4 Å². The predicted octanol–water partition coefficient (Wildman–Crippen LogP) is 3.73. The predicted molar refractivity (Wildman–Crippen MR) is 130 cm³/mol. The smallest absolute Gasteiger partial charge is 0.267 e. The van der Waals surface area contributed by atoms with Crippen molar-refractivity contribution in [2.24, 2.45) is 4.99 Å². The lowest BCUT2D eigenvalue weighted by molar-refractivity contribution is -0.117. The van der Waals surface area contributed by atoms with E-state index in [4.69, 9.17) is 4.74 Å². The molecule has 1 aliphatic rings. The molecule has 3 aromatic rings. The number of sulfonamides is 1. The van der Waals surface area contributed by atoms with Crippen LogP contribution in [-0.4, -0.2) is 48.2 Å². The number of amidine groups is 1. The molecular formula is C24H27N5O4S. The zero-order valence-electron chi connectivity index (χ0n) is 19.7. The monoisotopic (exact) mass is 481 g/mol. The molecule has 1 unspecified atom stereocenters. The number of rotatable bonds is 5. The van der Waals surface area contributed by atoms with Crippen LogP contribution in [0.4, 0.5) is 11.4 Å². The number of ether oxygens (including phenoxy) is 1. The molecule has 1 atom stereocenters. The summed E-state index contributed by atoms with van der Waals surface area (Å²) >= 11 is 0. The summed E-state index contributed by atoms with van der Waals surface area (Å²) in [7, 11) is -0.971. The standard InChI is InChI=1S/C24H27N5O4S/c1-24(2,3)16-10-11-19(33-5)18(14-16)27-23(30)21(29-13-12-25-15-29)22-26-17-8-6-7-9-20(17)34(31,32)28(22)4/h6-15,21H,1-5H3,(H,27,30). The summed E-state index contributed by atoms with van der Waals surface area (Å²) in [6.45, 7) is 6.22. The number of nitrogens with one attached hydrogen (secondary N) is 1. The van der Waals surface area contributed by atoms with E-state index in [1.165, 1.54) is 37.3 Å². The number of hydrogen-bond donors (Lipinski definition) is 1. The van der Waals surface area contributed by atoms with Gasteiger partial charge in [-0.15, -0.1) is 0 Å². The molecule has 2 heterocycles. The van der Waals surface area contributed by atoms with Crippen LogP contribution in [0, 0.1) is 0 Å². The highest BCUT2D eigenvalue weighted by Gasteiger charge is 2.39. The van der Waals surface area contributed by atoms with Crippen LogP contribution in [0.3, 0.4) is 0 Å². The van der Waals surface area contributed by atoms with Gasteiger partial charge in [0.1, 0.15) is 10.6 Å². The van der Waals surface area contributed by atoms with E-state index in [9.17, 15) is 13.2 Å². The van der Waals surface area contributed by atoms with Crippen LogP contribution < -0.4 is 10.1 Å². The van der Waals surface area contributed by atoms with E-state index in [0.717, 1.165) is 9.87 Å². The lowest BCUT2D eigenvalue weighted by Crippen LogP contribution is -2.44. The lowest BCUT2D eigenvalue weighted by atomic mass is 9.87. The number of aromatic nitrogens is 2. The first-order valence-corrected chi connectivity index (χ1v) is 12.1. The Morgan fingerprint density at radius 1 is 1.15 bits per heavy atom. The third-order valence-corrected chi connectivity index (χ3v) is 7.51. The highest BCUT2D eigenvalue weighted by Crippen LogP contribution is 2.35. The number of likely N-dealkylation sites (N-methyl/N-ethyl adjacent to an activating group) is 1. The average molecular weight is 482 g/mol. The number of carbonyl (C=O) groups excluding carboxylic acids is 1. The molecule has 9 nitrogen and oxygen atoms in total. The molecule has 0 bridgehead atoms. The molecule has 0 saturated heterocycles. The van der Waals surface area contributed by atoms with Crippen molar-refractivity contribution in [3.05, 3.63) is 66.7 Å². The molecule has 34 heavy (non-hydrogen) atoms. The number of imidazole rings is 1. The van der Waals surface area contributed by atoms with Crippen LogP contribution in [0.1, 0.15) is 32.4 Å². The van der Waals surface area contributed by atoms with Crippen LogP contribution in [0.25, 0.3) is 0 Å². The Morgan fingerprint density at radius 2 is 1.88 bits per heavy atom. The number of anilines is 1. The van der Waals surface area contributed by atoms with Gasteiger partial charge in [0.15, 0.2) is 11.9 Å². The Balaban J connectivity index is 1.81. The number of benzene rings is 2. The molecule has 178 valence electrons. The third kappa shape index (κ3) is 4.16. The maximum Gasteiger partial charge on any atom is 0.267 e. The summed E-state index contributed by atoms with van der Waals surface area (Å²) in [5.74, 6) is 0.0605. The largest absolute Gasteiger partial charge is 0.495 e. The fourth-order valence-corrected chi connectivity index (χ4v) is 5.06. The van der Waals surface area contributed by atoms with Crippen LogP contribution >= 0.6 is 0 Å². The Bertz CT molecular complexity index is 1360. The lowest BCUT2D eigenvalue weighted by Gasteiger charge is -2.31. The molecule has 0 spiro atoms. The second-order valence-electron chi connectivity index (χ2n) is 8.98. The van der Waals surface area contributed by atoms with Crippen molar-refractivity contribution >= 4 is 33.1 Å². The van der Waals surface area contributed by atoms with Gasteiger partial charge in [0.05, 0.1) is 24.8 Å². The van der Waals surface area contributed by atoms with Crippen molar-refractivity contribution in [2.75, 3.05) is 19.5 Å². The Hall–Kier alpha value is -3.66. The number of methoxy groups -OCH3 is 1. The molecule has 0 fully saturated rings. The summed E-state index contributed by atoms with van der Waals surface area (Å²) in [4.78, 5) is 22.4. The third-order valence-electron chi connectivity index (χ3n) is 5.70. The van der Waals surface area contributed by atoms with Crippen LogP contribution in [0.2, 0.25) is 0 Å². The van der Waals surface area contributed by atoms with Crippen molar-refractivity contribution in [1.82, 2.24) is 13.9 Å². The van der Waals surface area contributed by atoms with Crippen molar-refractivity contribution in [3.8, 4) is 5.75 Å². The highest BCUT2D eigenvalue weighted by atomic mass is 32.2. The molecule has 1 amide bonds. The number of carbonyl (C=O) groups is 1. The average Bonchev–Trinajstić information content (AvgIpc) is 3.31. The number of nitrogens with zero attached hydrogens (tertiary/aromatic N) is 4. The van der Waals surface area contributed by atoms with Gasteiger partial charge in [0.2, 0.25) is 0 Å². The van der Waals surface area contributed by atoms with Crippen molar-refractivity contribution in [3.63, 3.8) is 0 Å². The van der Waals surface area contributed by atoms with E-state index in [-0.39, 0.29) is 21.8 Å². The molecule has 1 aromatic heterocycles. The molecule has 0 radical (unpaired) electrons. The van der Waals surface area contributed by atoms with E-state index < -0.39 is 22.0 Å². The first-order chi connectivity index (χ1) is 16.0. The summed E-state index contributed by atoms with van der Waals surface area (Å²) in [5, 5.41) is 2.92. The quantitative estimate of drug-likeness (QED) is 0.598. The first-order valence-electron chi connectivity index (χ1n) is 10.7. The second-order valence-corrected chi connectivity index (χ2v) is 10.9. The van der Waals surface area contributed by atoms with E-state index in [0.29, 0.717) is 11.4 Å². The zero-order valence-corrected chi connectivity index (χ0v) is 20.5. The van der Waals surface area contributed by atoms with Crippen LogP contribution in [0.5, 0.6) is 5.75 Å². The minimum atomic E-state index is -3.89. The highest BCUT2D eigenvalue weighted by molar-refractivity contribution is 7.90. The fourth-order valence-electron chi connectivity index (χ4n) is 3.75. The minimum Gasteiger partial charge on any atom is -0.495 e. The second kappa shape index (κ2) is 8.60. The molecular weight excluding hydrogens is 454 g/mol. The van der Waals surface area contributed by atoms with E-state index in [1.54, 1.807) is 30.5 Å². The zero-order chi connectivity index (χ0) is 24.7. The molecule has 4 rings (SSSR count). The van der Waals surface area contributed by atoms with E-state index in [1.807, 2.05) is 12.1 Å². The maximum absolute atomic E-state index is 13.7. The Morgan fingerprint density at radius 3 is 2.53 bits per heavy atom. The molecule has 1 aliphatic heterocycles. The van der Waals surface area contributed by atoms with Gasteiger partial charge in [-0.05, 0) is 35.2 Å². The number of fused-ring (bicyclic) bond motifs is 1. The van der Waals surface area contributed by atoms with Gasteiger partial charge in [-0.2, -0.15) is 0 Å². The Kier molecular flexibility index (Phi) is 5.94. The molecule has 0 saturated carbocycles. The van der Waals surface area contributed by atoms with Gasteiger partial charge in [-0.25, -0.2) is 18.4 Å². The van der Waals surface area contributed by atoms with Crippen molar-refractivity contribution < 1.29 is 17.9 Å². The van der Waals surface area contributed by atoms with Gasteiger partial charge < -0.3 is 14.6 Å². The van der Waals surface area contributed by atoms with E-state index in [2.05, 4.69) is 36.1 Å². The van der Waals surface area contributed by atoms with Crippen LogP contribution in [-0.2, 0) is 20.2 Å². The minimum absolute atomic E-state index is 0.0557. The summed E-state index contributed by atoms with van der Waals surface area (Å²) in [5.41, 5.74) is 1.61. The SMILES string of the molecule is COc1ccc(C(C)(C)C)cc1NC(=O)C(C1=Nc2ccccc2S(=O)(=O)N1C)n1ccnc1. The maximum atomic E-state index is 13.7. The fraction of sp³-hybridized carbons (Fsp3) is 0.292. The number of hydrogen-bond acceptors (Lipinski definition) is 6. The summed E-state index contributed by atoms with van der Waals surface area (Å²) in [6, 6.07) is 11.0. The van der Waals surface area contributed by atoms with Crippen LogP contribution in [0.15, 0.2) is 71.1 Å². The molecule has 10 heteroatoms. The molecule has 2 aromatic carbocycles. The normalized spacial score (nSPS) is 15.8. The molecule has 0 aliphatic carbocycles. The summed E-state index contributed by atoms with van der Waals surface area (Å²) in [6.07, 6.45) is 4.57. The summed E-state index contributed by atoms with van der Waals surface area (Å²) < 4.78 is 34.4. The molecule has 1 N–H and O–H groups in total. The number of aliphatic imine (C=N–C) groups is 1. The van der Waals surface area contributed by atoms with Gasteiger partial charge in [-0.1, -0.05) is 39.0 Å². The number of para-hydroxylation sites is 1. The van der Waals surface area contributed by atoms with Crippen molar-refractivity contribution in [1.29, 1.82) is 0 Å². The van der Waals surface area contributed by atoms with Gasteiger partial charge in [-0.3, -0.25) is 9.10 Å². The first kappa shape index (κ1) is 23.5. The van der Waals surface area contributed by atoms with Gasteiger partial charge >= 0.3 is 0 Å². The van der Waals surface area contributed by atoms with E-state index >= 15 is 0 Å². The topological polar surface area (TPSA) is 106 Å².